The van der Waals surface area contributed by atoms with Gasteiger partial charge in [-0.15, -0.1) is 11.3 Å². The molecule has 0 unspecified atom stereocenters. The Morgan fingerprint density at radius 1 is 0.909 bits per heavy atom. The zero-order valence-electron chi connectivity index (χ0n) is 17.9. The van der Waals surface area contributed by atoms with Crippen molar-refractivity contribution in [3.05, 3.63) is 91.8 Å². The van der Waals surface area contributed by atoms with Crippen molar-refractivity contribution >= 4 is 45.4 Å². The minimum absolute atomic E-state index is 0.221. The van der Waals surface area contributed by atoms with E-state index in [4.69, 9.17) is 0 Å². The minimum atomic E-state index is -0.530. The number of hydrogen-bond donors (Lipinski definition) is 2. The van der Waals surface area contributed by atoms with E-state index in [-0.39, 0.29) is 24.6 Å². The molecule has 0 aliphatic rings. The fourth-order valence-electron chi connectivity index (χ4n) is 3.62. The number of aryl methyl sites for hydroxylation is 1. The molecule has 0 aliphatic carbocycles. The number of benzene rings is 2. The molecule has 2 N–H and O–H groups in total. The lowest BCUT2D eigenvalue weighted by Gasteiger charge is -2.14. The summed E-state index contributed by atoms with van der Waals surface area (Å²) in [5.41, 5.74) is 0.533. The number of amides is 2. The number of thiophene rings is 1. The highest BCUT2D eigenvalue weighted by atomic mass is 32.1. The molecular formula is C24H22N4O4S. The standard InChI is InChI=1S/C24H22N4O4S/c1-16(29)25-17-6-4-7-18(14-17)26-22(30)15-28-21-10-3-2-9-20(21)23(31)27(24(28)32)12-11-19-8-5-13-33-19/h2-10,13-14H,11-12,15H2,1H3,(H,25,29)(H,26,30). The predicted molar refractivity (Wildman–Crippen MR) is 130 cm³/mol. The van der Waals surface area contributed by atoms with E-state index in [1.54, 1.807) is 59.9 Å². The second-order valence-electron chi connectivity index (χ2n) is 7.48. The van der Waals surface area contributed by atoms with Crippen molar-refractivity contribution in [2.75, 3.05) is 10.6 Å². The van der Waals surface area contributed by atoms with E-state index in [9.17, 15) is 19.2 Å². The zero-order valence-corrected chi connectivity index (χ0v) is 18.7. The first-order valence-corrected chi connectivity index (χ1v) is 11.2. The van der Waals surface area contributed by atoms with Gasteiger partial charge in [-0.05, 0) is 48.2 Å². The molecule has 8 nitrogen and oxygen atoms in total. The normalized spacial score (nSPS) is 10.8. The average Bonchev–Trinajstić information content (AvgIpc) is 3.30. The lowest BCUT2D eigenvalue weighted by Crippen LogP contribution is -2.42. The fraction of sp³-hybridized carbons (Fsp3) is 0.167. The van der Waals surface area contributed by atoms with Gasteiger partial charge in [-0.2, -0.15) is 0 Å². The van der Waals surface area contributed by atoms with Gasteiger partial charge in [0.2, 0.25) is 11.8 Å². The van der Waals surface area contributed by atoms with Gasteiger partial charge in [0, 0.05) is 29.7 Å². The smallest absolute Gasteiger partial charge is 0.326 e. The van der Waals surface area contributed by atoms with Crippen LogP contribution in [0.25, 0.3) is 10.9 Å². The van der Waals surface area contributed by atoms with Gasteiger partial charge in [0.15, 0.2) is 0 Å². The van der Waals surface area contributed by atoms with Crippen molar-refractivity contribution in [1.29, 1.82) is 0 Å². The summed E-state index contributed by atoms with van der Waals surface area (Å²) in [4.78, 5) is 51.4. The molecule has 0 spiro atoms. The number of fused-ring (bicyclic) bond motifs is 1. The van der Waals surface area contributed by atoms with Gasteiger partial charge in [0.1, 0.15) is 6.54 Å². The number of rotatable bonds is 7. The van der Waals surface area contributed by atoms with E-state index in [0.29, 0.717) is 28.7 Å². The van der Waals surface area contributed by atoms with Gasteiger partial charge >= 0.3 is 5.69 Å². The molecule has 4 rings (SSSR count). The van der Waals surface area contributed by atoms with Crippen molar-refractivity contribution in [2.24, 2.45) is 0 Å². The third-order valence-electron chi connectivity index (χ3n) is 5.06. The molecule has 2 heterocycles. The van der Waals surface area contributed by atoms with Crippen LogP contribution in [0.1, 0.15) is 11.8 Å². The fourth-order valence-corrected chi connectivity index (χ4v) is 4.32. The van der Waals surface area contributed by atoms with Crippen molar-refractivity contribution in [3.63, 3.8) is 0 Å². The number of carbonyl (C=O) groups excluding carboxylic acids is 2. The van der Waals surface area contributed by atoms with Gasteiger partial charge in [0.05, 0.1) is 10.9 Å². The molecular weight excluding hydrogens is 440 g/mol. The lowest BCUT2D eigenvalue weighted by molar-refractivity contribution is -0.117. The molecule has 0 saturated carbocycles. The Morgan fingerprint density at radius 3 is 2.39 bits per heavy atom. The predicted octanol–water partition coefficient (Wildman–Crippen LogP) is 3.06. The molecule has 33 heavy (non-hydrogen) atoms. The molecule has 2 aromatic heterocycles. The van der Waals surface area contributed by atoms with Crippen LogP contribution >= 0.6 is 11.3 Å². The molecule has 2 aromatic carbocycles. The number of carbonyl (C=O) groups is 2. The third-order valence-corrected chi connectivity index (χ3v) is 6.00. The Labute approximate surface area is 193 Å². The van der Waals surface area contributed by atoms with E-state index < -0.39 is 11.6 Å². The SMILES string of the molecule is CC(=O)Nc1cccc(NC(=O)Cn2c(=O)n(CCc3cccs3)c(=O)c3ccccc32)c1. The van der Waals surface area contributed by atoms with Crippen LogP contribution in [0.2, 0.25) is 0 Å². The van der Waals surface area contributed by atoms with Gasteiger partial charge in [-0.3, -0.25) is 23.5 Å². The van der Waals surface area contributed by atoms with Crippen molar-refractivity contribution in [2.45, 2.75) is 26.4 Å². The summed E-state index contributed by atoms with van der Waals surface area (Å²) >= 11 is 1.56. The number of nitrogens with one attached hydrogen (secondary N) is 2. The number of para-hydroxylation sites is 1. The molecule has 0 bridgehead atoms. The van der Waals surface area contributed by atoms with Crippen molar-refractivity contribution < 1.29 is 9.59 Å². The second kappa shape index (κ2) is 9.66. The van der Waals surface area contributed by atoms with Crippen LogP contribution in [0.3, 0.4) is 0 Å². The quantitative estimate of drug-likeness (QED) is 0.441. The van der Waals surface area contributed by atoms with Gasteiger partial charge in [-0.25, -0.2) is 4.79 Å². The first-order valence-electron chi connectivity index (χ1n) is 10.3. The molecule has 9 heteroatoms. The Hall–Kier alpha value is -3.98. The van der Waals surface area contributed by atoms with Gasteiger partial charge in [-0.1, -0.05) is 24.3 Å². The Bertz CT molecular complexity index is 1440. The van der Waals surface area contributed by atoms with Crippen LogP contribution in [0.4, 0.5) is 11.4 Å². The van der Waals surface area contributed by atoms with E-state index in [1.165, 1.54) is 16.1 Å². The highest BCUT2D eigenvalue weighted by Crippen LogP contribution is 2.16. The van der Waals surface area contributed by atoms with E-state index in [0.717, 1.165) is 4.88 Å². The van der Waals surface area contributed by atoms with Crippen LogP contribution < -0.4 is 21.9 Å². The highest BCUT2D eigenvalue weighted by molar-refractivity contribution is 7.09. The number of nitrogens with zero attached hydrogens (tertiary/aromatic N) is 2. The first-order chi connectivity index (χ1) is 15.9. The molecule has 4 aromatic rings. The summed E-state index contributed by atoms with van der Waals surface area (Å²) in [5, 5.41) is 7.73. The molecule has 0 aliphatic heterocycles. The summed E-state index contributed by atoms with van der Waals surface area (Å²) in [7, 11) is 0. The largest absolute Gasteiger partial charge is 0.331 e. The maximum Gasteiger partial charge on any atom is 0.331 e. The molecule has 0 fully saturated rings. The lowest BCUT2D eigenvalue weighted by atomic mass is 10.2. The molecule has 0 radical (unpaired) electrons. The van der Waals surface area contributed by atoms with Crippen LogP contribution in [0, 0.1) is 0 Å². The molecule has 2 amide bonds. The summed E-state index contributed by atoms with van der Waals surface area (Å²) in [5.74, 6) is -0.646. The minimum Gasteiger partial charge on any atom is -0.326 e. The van der Waals surface area contributed by atoms with E-state index in [1.807, 2.05) is 17.5 Å². The van der Waals surface area contributed by atoms with Crippen molar-refractivity contribution in [1.82, 2.24) is 9.13 Å². The molecule has 0 saturated heterocycles. The van der Waals surface area contributed by atoms with Crippen LogP contribution in [-0.2, 0) is 29.1 Å². The topological polar surface area (TPSA) is 102 Å². The summed E-state index contributed by atoms with van der Waals surface area (Å²) < 4.78 is 2.50. The summed E-state index contributed by atoms with van der Waals surface area (Å²) in [6.45, 7) is 1.36. The maximum atomic E-state index is 13.2. The Balaban J connectivity index is 1.64. The second-order valence-corrected chi connectivity index (χ2v) is 8.51. The Kier molecular flexibility index (Phi) is 6.50. The third kappa shape index (κ3) is 5.09. The molecule has 168 valence electrons. The van der Waals surface area contributed by atoms with Crippen molar-refractivity contribution in [3.8, 4) is 0 Å². The zero-order chi connectivity index (χ0) is 23.4. The summed E-state index contributed by atoms with van der Waals surface area (Å²) in [6.07, 6.45) is 0.549. The van der Waals surface area contributed by atoms with Gasteiger partial charge in [0.25, 0.3) is 5.56 Å². The Morgan fingerprint density at radius 2 is 1.67 bits per heavy atom. The monoisotopic (exact) mass is 462 g/mol. The number of aromatic nitrogens is 2. The first kappa shape index (κ1) is 22.2. The average molecular weight is 463 g/mol. The maximum absolute atomic E-state index is 13.2. The van der Waals surface area contributed by atoms with Gasteiger partial charge < -0.3 is 10.6 Å². The van der Waals surface area contributed by atoms with E-state index in [2.05, 4.69) is 10.6 Å². The van der Waals surface area contributed by atoms with Crippen LogP contribution in [-0.4, -0.2) is 20.9 Å². The number of hydrogen-bond acceptors (Lipinski definition) is 5. The number of anilines is 2. The van der Waals surface area contributed by atoms with Crippen LogP contribution in [0.15, 0.2) is 75.6 Å². The highest BCUT2D eigenvalue weighted by Gasteiger charge is 2.15. The molecule has 0 atom stereocenters. The van der Waals surface area contributed by atoms with Crippen LogP contribution in [0.5, 0.6) is 0 Å². The van der Waals surface area contributed by atoms with E-state index >= 15 is 0 Å². The summed E-state index contributed by atoms with van der Waals surface area (Å²) in [6, 6.07) is 17.4.